The van der Waals surface area contributed by atoms with Crippen molar-refractivity contribution in [1.29, 1.82) is 0 Å². The number of likely N-dealkylation sites (tertiary alicyclic amines) is 1. The lowest BCUT2D eigenvalue weighted by Gasteiger charge is -2.35. The van der Waals surface area contributed by atoms with Crippen molar-refractivity contribution in [3.05, 3.63) is 23.7 Å². The molecule has 1 amide bonds. The summed E-state index contributed by atoms with van der Waals surface area (Å²) >= 11 is 0. The molecule has 3 rings (SSSR count). The van der Waals surface area contributed by atoms with Crippen LogP contribution in [0.5, 0.6) is 0 Å². The maximum absolute atomic E-state index is 11.7. The maximum atomic E-state index is 11.7. The third-order valence-corrected chi connectivity index (χ3v) is 4.36. The van der Waals surface area contributed by atoms with Crippen LogP contribution in [-0.4, -0.2) is 42.6 Å². The molecule has 1 N–H and O–H groups in total. The van der Waals surface area contributed by atoms with E-state index in [0.29, 0.717) is 6.04 Å². The van der Waals surface area contributed by atoms with Gasteiger partial charge in [-0.3, -0.25) is 9.69 Å². The van der Waals surface area contributed by atoms with Gasteiger partial charge in [-0.2, -0.15) is 0 Å². The molecule has 5 nitrogen and oxygen atoms in total. The van der Waals surface area contributed by atoms with Crippen molar-refractivity contribution in [3.63, 3.8) is 0 Å². The summed E-state index contributed by atoms with van der Waals surface area (Å²) in [5, 5.41) is 2.68. The van der Waals surface area contributed by atoms with Gasteiger partial charge in [-0.25, -0.2) is 0 Å². The van der Waals surface area contributed by atoms with Crippen LogP contribution in [0, 0.1) is 6.92 Å². The Kier molecular flexibility index (Phi) is 3.81. The summed E-state index contributed by atoms with van der Waals surface area (Å²) in [4.78, 5) is 14.1. The molecule has 2 aliphatic rings. The summed E-state index contributed by atoms with van der Waals surface area (Å²) in [5.74, 6) is 1.97. The number of furan rings is 1. The van der Waals surface area contributed by atoms with Crippen molar-refractivity contribution in [2.45, 2.75) is 51.0 Å². The van der Waals surface area contributed by atoms with E-state index in [4.69, 9.17) is 9.15 Å². The number of carbonyl (C=O) groups is 1. The number of amides is 1. The zero-order valence-electron chi connectivity index (χ0n) is 12.1. The molecule has 3 atom stereocenters. The highest BCUT2D eigenvalue weighted by Crippen LogP contribution is 2.32. The minimum Gasteiger partial charge on any atom is -0.465 e. The Labute approximate surface area is 119 Å². The van der Waals surface area contributed by atoms with Crippen LogP contribution in [0.3, 0.4) is 0 Å². The van der Waals surface area contributed by atoms with Crippen molar-refractivity contribution in [2.24, 2.45) is 0 Å². The monoisotopic (exact) mass is 278 g/mol. The molecule has 2 fully saturated rings. The number of nitrogens with zero attached hydrogens (tertiary/aromatic N) is 1. The van der Waals surface area contributed by atoms with Crippen LogP contribution in [0.1, 0.15) is 30.8 Å². The van der Waals surface area contributed by atoms with E-state index in [0.717, 1.165) is 43.9 Å². The Morgan fingerprint density at radius 2 is 2.25 bits per heavy atom. The van der Waals surface area contributed by atoms with Gasteiger partial charge in [-0.15, -0.1) is 0 Å². The molecule has 110 valence electrons. The third kappa shape index (κ3) is 2.60. The molecule has 0 aliphatic carbocycles. The summed E-state index contributed by atoms with van der Waals surface area (Å²) in [7, 11) is 1.66. The van der Waals surface area contributed by atoms with Crippen LogP contribution in [0.2, 0.25) is 0 Å². The maximum Gasteiger partial charge on any atom is 0.248 e. The van der Waals surface area contributed by atoms with Crippen molar-refractivity contribution in [2.75, 3.05) is 13.6 Å². The molecule has 20 heavy (non-hydrogen) atoms. The molecule has 0 unspecified atom stereocenters. The first-order valence-electron chi connectivity index (χ1n) is 7.34. The fraction of sp³-hybridized carbons (Fsp3) is 0.667. The van der Waals surface area contributed by atoms with E-state index >= 15 is 0 Å². The van der Waals surface area contributed by atoms with Crippen molar-refractivity contribution in [3.8, 4) is 0 Å². The van der Waals surface area contributed by atoms with Crippen LogP contribution < -0.4 is 5.32 Å². The molecule has 1 aromatic rings. The highest BCUT2D eigenvalue weighted by atomic mass is 16.5. The normalized spacial score (nSPS) is 30.2. The van der Waals surface area contributed by atoms with Crippen LogP contribution in [-0.2, 0) is 16.1 Å². The molecular formula is C15H22N2O3. The Balaban J connectivity index is 1.61. The second-order valence-electron chi connectivity index (χ2n) is 5.69. The zero-order chi connectivity index (χ0) is 14.1. The molecule has 0 aromatic carbocycles. The Morgan fingerprint density at radius 3 is 2.95 bits per heavy atom. The fourth-order valence-electron chi connectivity index (χ4n) is 3.34. The van der Waals surface area contributed by atoms with Crippen LogP contribution in [0.4, 0.5) is 0 Å². The Hall–Kier alpha value is -1.33. The lowest BCUT2D eigenvalue weighted by molar-refractivity contribution is -0.143. The molecule has 0 saturated carbocycles. The van der Waals surface area contributed by atoms with Gasteiger partial charge in [-0.05, 0) is 38.3 Å². The smallest absolute Gasteiger partial charge is 0.248 e. The number of fused-ring (bicyclic) bond motifs is 1. The van der Waals surface area contributed by atoms with Crippen LogP contribution in [0.25, 0.3) is 0 Å². The van der Waals surface area contributed by atoms with E-state index in [1.807, 2.05) is 19.1 Å². The van der Waals surface area contributed by atoms with Gasteiger partial charge in [0.2, 0.25) is 5.91 Å². The number of aryl methyl sites for hydroxylation is 1. The molecule has 2 saturated heterocycles. The molecule has 2 aliphatic heterocycles. The number of hydrogen-bond donors (Lipinski definition) is 1. The number of carbonyl (C=O) groups excluding carboxylic acids is 1. The largest absolute Gasteiger partial charge is 0.465 e. The summed E-state index contributed by atoms with van der Waals surface area (Å²) in [6.07, 6.45) is 2.73. The second kappa shape index (κ2) is 5.58. The first-order chi connectivity index (χ1) is 9.67. The molecule has 1 aromatic heterocycles. The number of likely N-dealkylation sites (N-methyl/N-ethyl adjacent to an activating group) is 1. The molecule has 5 heteroatoms. The highest BCUT2D eigenvalue weighted by Gasteiger charge is 2.41. The third-order valence-electron chi connectivity index (χ3n) is 4.36. The quantitative estimate of drug-likeness (QED) is 0.909. The fourth-order valence-corrected chi connectivity index (χ4v) is 3.34. The van der Waals surface area contributed by atoms with Gasteiger partial charge in [0.15, 0.2) is 0 Å². The minimum atomic E-state index is -0.271. The van der Waals surface area contributed by atoms with Crippen LogP contribution in [0.15, 0.2) is 16.5 Å². The van der Waals surface area contributed by atoms with E-state index in [9.17, 15) is 4.79 Å². The van der Waals surface area contributed by atoms with Gasteiger partial charge in [0, 0.05) is 19.6 Å². The predicted octanol–water partition coefficient (Wildman–Crippen LogP) is 1.46. The number of hydrogen-bond acceptors (Lipinski definition) is 4. The minimum absolute atomic E-state index is 0.00330. The highest BCUT2D eigenvalue weighted by molar-refractivity contribution is 5.80. The summed E-state index contributed by atoms with van der Waals surface area (Å²) in [5.41, 5.74) is 0. The standard InChI is InChI=1S/C15H22N2O3/c1-10-3-4-11(19-10)9-17-8-7-13-12(17)5-6-14(20-13)15(18)16-2/h3-4,12-14H,5-9H2,1-2H3,(H,16,18)/t12-,13-,14+/m0/s1. The van der Waals surface area contributed by atoms with Gasteiger partial charge in [0.25, 0.3) is 0 Å². The van der Waals surface area contributed by atoms with E-state index in [2.05, 4.69) is 10.2 Å². The zero-order valence-corrected chi connectivity index (χ0v) is 12.1. The molecule has 0 radical (unpaired) electrons. The molecule has 0 bridgehead atoms. The first-order valence-corrected chi connectivity index (χ1v) is 7.34. The van der Waals surface area contributed by atoms with Crippen molar-refractivity contribution in [1.82, 2.24) is 10.2 Å². The lowest BCUT2D eigenvalue weighted by atomic mass is 9.98. The van der Waals surface area contributed by atoms with Gasteiger partial charge in [0.05, 0.1) is 12.6 Å². The average Bonchev–Trinajstić information content (AvgIpc) is 3.05. The lowest BCUT2D eigenvalue weighted by Crippen LogP contribution is -2.47. The van der Waals surface area contributed by atoms with Crippen molar-refractivity contribution < 1.29 is 13.9 Å². The summed E-state index contributed by atoms with van der Waals surface area (Å²) in [6.45, 7) is 3.81. The van der Waals surface area contributed by atoms with E-state index in [1.54, 1.807) is 7.05 Å². The Morgan fingerprint density at radius 1 is 1.40 bits per heavy atom. The molecule has 0 spiro atoms. The van der Waals surface area contributed by atoms with Gasteiger partial charge in [-0.1, -0.05) is 0 Å². The number of nitrogens with one attached hydrogen (secondary N) is 1. The Bertz CT molecular complexity index is 485. The topological polar surface area (TPSA) is 54.7 Å². The van der Waals surface area contributed by atoms with Crippen molar-refractivity contribution >= 4 is 5.91 Å². The number of ether oxygens (including phenoxy) is 1. The first kappa shape index (κ1) is 13.6. The summed E-state index contributed by atoms with van der Waals surface area (Å²) in [6, 6.07) is 4.46. The van der Waals surface area contributed by atoms with Gasteiger partial charge < -0.3 is 14.5 Å². The van der Waals surface area contributed by atoms with Crippen LogP contribution >= 0.6 is 0 Å². The van der Waals surface area contributed by atoms with E-state index in [-0.39, 0.29) is 18.1 Å². The predicted molar refractivity (Wildman–Crippen MR) is 74.2 cm³/mol. The van der Waals surface area contributed by atoms with E-state index < -0.39 is 0 Å². The second-order valence-corrected chi connectivity index (χ2v) is 5.69. The van der Waals surface area contributed by atoms with E-state index in [1.165, 1.54) is 0 Å². The molecular weight excluding hydrogens is 256 g/mol. The van der Waals surface area contributed by atoms with Gasteiger partial charge in [0.1, 0.15) is 17.6 Å². The number of rotatable bonds is 3. The summed E-state index contributed by atoms with van der Waals surface area (Å²) < 4.78 is 11.6. The molecule has 3 heterocycles. The van der Waals surface area contributed by atoms with Gasteiger partial charge >= 0.3 is 0 Å². The SMILES string of the molecule is CNC(=O)[C@H]1CC[C@H]2[C@H](CCN2Cc2ccc(C)o2)O1. The average molecular weight is 278 g/mol.